The number of pyridine rings is 1. The molecule has 142 valence electrons. The normalized spacial score (nSPS) is 11.8. The smallest absolute Gasteiger partial charge is 0.257 e. The van der Waals surface area contributed by atoms with Crippen LogP contribution < -0.4 is 24.8 Å². The molecule has 0 saturated carbocycles. The first-order valence-electron chi connectivity index (χ1n) is 8.74. The molecule has 2 aromatic carbocycles. The molecule has 1 aromatic heterocycles. The molecule has 7 heteroatoms. The zero-order chi connectivity index (χ0) is 19.3. The van der Waals surface area contributed by atoms with E-state index in [9.17, 15) is 4.79 Å². The maximum absolute atomic E-state index is 12.5. The summed E-state index contributed by atoms with van der Waals surface area (Å²) < 4.78 is 15.9. The predicted octanol–water partition coefficient (Wildman–Crippen LogP) is 3.68. The maximum Gasteiger partial charge on any atom is 0.257 e. The molecule has 0 unspecified atom stereocenters. The molecule has 0 spiro atoms. The number of aromatic nitrogens is 1. The highest BCUT2D eigenvalue weighted by Gasteiger charge is 2.13. The minimum atomic E-state index is -0.243. The number of ether oxygens (including phenoxy) is 3. The van der Waals surface area contributed by atoms with Gasteiger partial charge in [0.25, 0.3) is 5.91 Å². The van der Waals surface area contributed by atoms with Gasteiger partial charge in [0.2, 0.25) is 6.79 Å². The number of hydrogen-bond acceptors (Lipinski definition) is 6. The third-order valence-electron chi connectivity index (χ3n) is 4.26. The van der Waals surface area contributed by atoms with Gasteiger partial charge < -0.3 is 24.8 Å². The fraction of sp³-hybridized carbons (Fsp3) is 0.143. The third-order valence-corrected chi connectivity index (χ3v) is 4.26. The lowest BCUT2D eigenvalue weighted by atomic mass is 10.2. The molecular formula is C21H19N3O4. The second kappa shape index (κ2) is 7.87. The predicted molar refractivity (Wildman–Crippen MR) is 105 cm³/mol. The number of carbonyl (C=O) groups is 1. The van der Waals surface area contributed by atoms with Crippen LogP contribution in [0.3, 0.4) is 0 Å². The van der Waals surface area contributed by atoms with Crippen molar-refractivity contribution in [2.75, 3.05) is 24.5 Å². The Morgan fingerprint density at radius 3 is 2.86 bits per heavy atom. The van der Waals surface area contributed by atoms with Crippen molar-refractivity contribution in [2.45, 2.75) is 6.54 Å². The summed E-state index contributed by atoms with van der Waals surface area (Å²) in [4.78, 5) is 16.7. The minimum Gasteiger partial charge on any atom is -0.497 e. The minimum absolute atomic E-state index is 0.243. The topological polar surface area (TPSA) is 81.7 Å². The average molecular weight is 377 g/mol. The summed E-state index contributed by atoms with van der Waals surface area (Å²) in [7, 11) is 1.58. The number of nitrogens with zero attached hydrogens (tertiary/aromatic N) is 1. The van der Waals surface area contributed by atoms with Crippen molar-refractivity contribution in [3.8, 4) is 17.2 Å². The van der Waals surface area contributed by atoms with Crippen molar-refractivity contribution in [1.82, 2.24) is 4.98 Å². The number of fused-ring (bicyclic) bond motifs is 1. The molecule has 3 aromatic rings. The molecule has 0 atom stereocenters. The Hall–Kier alpha value is -3.74. The molecule has 2 N–H and O–H groups in total. The van der Waals surface area contributed by atoms with Gasteiger partial charge in [-0.25, -0.2) is 0 Å². The number of carbonyl (C=O) groups excluding carboxylic acids is 1. The Bertz CT molecular complexity index is 1010. The molecule has 4 rings (SSSR count). The van der Waals surface area contributed by atoms with E-state index < -0.39 is 0 Å². The second-order valence-corrected chi connectivity index (χ2v) is 6.19. The van der Waals surface area contributed by atoms with Gasteiger partial charge in [-0.15, -0.1) is 0 Å². The van der Waals surface area contributed by atoms with E-state index in [1.165, 1.54) is 6.20 Å². The van der Waals surface area contributed by atoms with Crippen LogP contribution in [-0.4, -0.2) is 24.8 Å². The average Bonchev–Trinajstić information content (AvgIpc) is 3.20. The number of amides is 1. The molecule has 0 bridgehead atoms. The third kappa shape index (κ3) is 3.98. The van der Waals surface area contributed by atoms with E-state index in [4.69, 9.17) is 14.2 Å². The van der Waals surface area contributed by atoms with Crippen molar-refractivity contribution < 1.29 is 19.0 Å². The number of methoxy groups -OCH3 is 1. The Morgan fingerprint density at radius 2 is 1.96 bits per heavy atom. The van der Waals surface area contributed by atoms with E-state index in [0.29, 0.717) is 23.5 Å². The van der Waals surface area contributed by atoms with Gasteiger partial charge in [0.05, 0.1) is 18.4 Å². The Balaban J connectivity index is 1.41. The van der Waals surface area contributed by atoms with Crippen LogP contribution in [0.5, 0.6) is 17.2 Å². The molecule has 7 nitrogen and oxygen atoms in total. The largest absolute Gasteiger partial charge is 0.497 e. The summed E-state index contributed by atoms with van der Waals surface area (Å²) in [6.45, 7) is 0.819. The molecule has 1 amide bonds. The highest BCUT2D eigenvalue weighted by Crippen LogP contribution is 2.32. The maximum atomic E-state index is 12.5. The number of benzene rings is 2. The first-order chi connectivity index (χ1) is 13.7. The van der Waals surface area contributed by atoms with Crippen LogP contribution in [0.4, 0.5) is 11.4 Å². The lowest BCUT2D eigenvalue weighted by molar-refractivity contribution is 0.102. The zero-order valence-corrected chi connectivity index (χ0v) is 15.3. The first-order valence-corrected chi connectivity index (χ1v) is 8.74. The van der Waals surface area contributed by atoms with Crippen molar-refractivity contribution in [2.24, 2.45) is 0 Å². The zero-order valence-electron chi connectivity index (χ0n) is 15.3. The van der Waals surface area contributed by atoms with Crippen LogP contribution in [0.15, 0.2) is 60.9 Å². The number of anilines is 2. The van der Waals surface area contributed by atoms with Crippen LogP contribution >= 0.6 is 0 Å². The van der Waals surface area contributed by atoms with Gasteiger partial charge in [0.15, 0.2) is 11.5 Å². The summed E-state index contributed by atoms with van der Waals surface area (Å²) in [6, 6.07) is 14.7. The van der Waals surface area contributed by atoms with Crippen molar-refractivity contribution in [1.29, 1.82) is 0 Å². The van der Waals surface area contributed by atoms with E-state index in [2.05, 4.69) is 15.6 Å². The standard InChI is InChI=1S/C21H19N3O4/c1-26-18-4-2-3-16(9-18)24-21(25)15-8-17(12-22-11-15)23-10-14-5-6-19-20(7-14)28-13-27-19/h2-9,11-12,23H,10,13H2,1H3,(H,24,25). The van der Waals surface area contributed by atoms with Gasteiger partial charge >= 0.3 is 0 Å². The van der Waals surface area contributed by atoms with Crippen molar-refractivity contribution >= 4 is 17.3 Å². The molecule has 0 fully saturated rings. The molecule has 1 aliphatic heterocycles. The Labute approximate surface area is 162 Å². The van der Waals surface area contributed by atoms with Gasteiger partial charge in [0.1, 0.15) is 5.75 Å². The van der Waals surface area contributed by atoms with E-state index in [0.717, 1.165) is 22.7 Å². The second-order valence-electron chi connectivity index (χ2n) is 6.19. The monoisotopic (exact) mass is 377 g/mol. The van der Waals surface area contributed by atoms with Crippen molar-refractivity contribution in [3.63, 3.8) is 0 Å². The van der Waals surface area contributed by atoms with Crippen LogP contribution in [0.1, 0.15) is 15.9 Å². The molecule has 0 aliphatic carbocycles. The highest BCUT2D eigenvalue weighted by atomic mass is 16.7. The summed E-state index contributed by atoms with van der Waals surface area (Å²) in [5.74, 6) is 1.92. The van der Waals surface area contributed by atoms with Gasteiger partial charge in [-0.2, -0.15) is 0 Å². The molecular weight excluding hydrogens is 358 g/mol. The first kappa shape index (κ1) is 17.7. The number of rotatable bonds is 6. The molecule has 28 heavy (non-hydrogen) atoms. The van der Waals surface area contributed by atoms with E-state index in [-0.39, 0.29) is 12.7 Å². The summed E-state index contributed by atoms with van der Waals surface area (Å²) in [6.07, 6.45) is 3.20. The van der Waals surface area contributed by atoms with E-state index in [1.807, 2.05) is 30.3 Å². The van der Waals surface area contributed by atoms with Crippen LogP contribution in [0.2, 0.25) is 0 Å². The molecule has 2 heterocycles. The van der Waals surface area contributed by atoms with E-state index >= 15 is 0 Å². The summed E-state index contributed by atoms with van der Waals surface area (Å²) in [5.41, 5.74) is 2.90. The van der Waals surface area contributed by atoms with Gasteiger partial charge in [-0.05, 0) is 35.9 Å². The number of hydrogen-bond donors (Lipinski definition) is 2. The highest BCUT2D eigenvalue weighted by molar-refractivity contribution is 6.04. The van der Waals surface area contributed by atoms with Gasteiger partial charge in [-0.3, -0.25) is 9.78 Å². The lowest BCUT2D eigenvalue weighted by Crippen LogP contribution is -2.13. The Morgan fingerprint density at radius 1 is 1.07 bits per heavy atom. The summed E-state index contributed by atoms with van der Waals surface area (Å²) in [5, 5.41) is 6.12. The van der Waals surface area contributed by atoms with Gasteiger partial charge in [0, 0.05) is 30.7 Å². The SMILES string of the molecule is COc1cccc(NC(=O)c2cncc(NCc3ccc4c(c3)OCO4)c2)c1. The van der Waals surface area contributed by atoms with Crippen LogP contribution in [-0.2, 0) is 6.54 Å². The summed E-state index contributed by atoms with van der Waals surface area (Å²) >= 11 is 0. The molecule has 1 aliphatic rings. The van der Waals surface area contributed by atoms with Crippen LogP contribution in [0.25, 0.3) is 0 Å². The fourth-order valence-corrected chi connectivity index (χ4v) is 2.82. The van der Waals surface area contributed by atoms with E-state index in [1.54, 1.807) is 31.5 Å². The fourth-order valence-electron chi connectivity index (χ4n) is 2.82. The van der Waals surface area contributed by atoms with Gasteiger partial charge in [-0.1, -0.05) is 12.1 Å². The molecule has 0 saturated heterocycles. The van der Waals surface area contributed by atoms with Crippen LogP contribution in [0, 0.1) is 0 Å². The molecule has 0 radical (unpaired) electrons. The lowest BCUT2D eigenvalue weighted by Gasteiger charge is -2.10. The quantitative estimate of drug-likeness (QED) is 0.682. The number of nitrogens with one attached hydrogen (secondary N) is 2. The van der Waals surface area contributed by atoms with Crippen molar-refractivity contribution in [3.05, 3.63) is 72.1 Å². The Kier molecular flexibility index (Phi) is 4.97.